The minimum atomic E-state index is -0.659. The van der Waals surface area contributed by atoms with E-state index in [9.17, 15) is 14.3 Å². The molecule has 1 aromatic heterocycles. The SMILES string of the molecule is O=c1oc(/C=C/c2ccc(O)c(Cl)c2)nc2c(F)cccc12. The third kappa shape index (κ3) is 2.71. The minimum Gasteiger partial charge on any atom is -0.506 e. The number of para-hydroxylation sites is 1. The van der Waals surface area contributed by atoms with Crippen LogP contribution in [0.15, 0.2) is 45.6 Å². The fraction of sp³-hybridized carbons (Fsp3) is 0. The Labute approximate surface area is 129 Å². The summed E-state index contributed by atoms with van der Waals surface area (Å²) in [5.74, 6) is -0.643. The van der Waals surface area contributed by atoms with Crippen LogP contribution >= 0.6 is 11.6 Å². The molecule has 110 valence electrons. The number of aromatic nitrogens is 1. The van der Waals surface area contributed by atoms with Crippen LogP contribution in [-0.4, -0.2) is 10.1 Å². The van der Waals surface area contributed by atoms with Crippen molar-refractivity contribution in [3.63, 3.8) is 0 Å². The second-order valence-electron chi connectivity index (χ2n) is 4.52. The van der Waals surface area contributed by atoms with Crippen molar-refractivity contribution in [3.8, 4) is 5.75 Å². The molecule has 0 unspecified atom stereocenters. The van der Waals surface area contributed by atoms with Gasteiger partial charge in [-0.2, -0.15) is 0 Å². The molecule has 0 fully saturated rings. The van der Waals surface area contributed by atoms with Crippen molar-refractivity contribution in [2.45, 2.75) is 0 Å². The van der Waals surface area contributed by atoms with Crippen LogP contribution in [-0.2, 0) is 0 Å². The highest BCUT2D eigenvalue weighted by atomic mass is 35.5. The zero-order valence-electron chi connectivity index (χ0n) is 11.1. The van der Waals surface area contributed by atoms with Gasteiger partial charge in [-0.1, -0.05) is 23.7 Å². The van der Waals surface area contributed by atoms with E-state index in [-0.39, 0.29) is 27.6 Å². The molecule has 0 saturated carbocycles. The molecule has 4 nitrogen and oxygen atoms in total. The Hall–Kier alpha value is -2.66. The van der Waals surface area contributed by atoms with Gasteiger partial charge < -0.3 is 9.52 Å². The number of aromatic hydroxyl groups is 1. The lowest BCUT2D eigenvalue weighted by Gasteiger charge is -1.99. The van der Waals surface area contributed by atoms with Gasteiger partial charge in [-0.3, -0.25) is 0 Å². The molecule has 0 aliphatic rings. The molecular weight excluding hydrogens is 309 g/mol. The first kappa shape index (κ1) is 14.3. The van der Waals surface area contributed by atoms with Crippen molar-refractivity contribution in [2.24, 2.45) is 0 Å². The highest BCUT2D eigenvalue weighted by molar-refractivity contribution is 6.32. The summed E-state index contributed by atoms with van der Waals surface area (Å²) in [6, 6.07) is 8.69. The van der Waals surface area contributed by atoms with Crippen LogP contribution in [0.4, 0.5) is 4.39 Å². The molecule has 22 heavy (non-hydrogen) atoms. The zero-order valence-corrected chi connectivity index (χ0v) is 11.8. The number of nitrogens with zero attached hydrogens (tertiary/aromatic N) is 1. The Morgan fingerprint density at radius 3 is 2.82 bits per heavy atom. The standard InChI is InChI=1S/C16H9ClFNO3/c17-11-8-9(4-6-13(11)20)5-7-14-19-15-10(16(21)22-14)2-1-3-12(15)18/h1-8,20H/b7-5+. The van der Waals surface area contributed by atoms with Gasteiger partial charge in [0, 0.05) is 6.08 Å². The lowest BCUT2D eigenvalue weighted by Crippen LogP contribution is -2.04. The van der Waals surface area contributed by atoms with Crippen LogP contribution in [0, 0.1) is 5.82 Å². The van der Waals surface area contributed by atoms with Crippen LogP contribution in [0.3, 0.4) is 0 Å². The molecule has 0 aliphatic carbocycles. The van der Waals surface area contributed by atoms with Gasteiger partial charge in [-0.15, -0.1) is 0 Å². The molecule has 0 saturated heterocycles. The minimum absolute atomic E-state index is 0.0215. The van der Waals surface area contributed by atoms with E-state index >= 15 is 0 Å². The van der Waals surface area contributed by atoms with Gasteiger partial charge in [0.1, 0.15) is 17.1 Å². The second kappa shape index (κ2) is 5.61. The molecule has 0 amide bonds. The van der Waals surface area contributed by atoms with E-state index in [0.717, 1.165) is 0 Å². The van der Waals surface area contributed by atoms with Crippen molar-refractivity contribution < 1.29 is 13.9 Å². The lowest BCUT2D eigenvalue weighted by atomic mass is 10.2. The predicted octanol–water partition coefficient (Wildman–Crippen LogP) is 3.86. The third-order valence-electron chi connectivity index (χ3n) is 3.02. The number of rotatable bonds is 2. The predicted molar refractivity (Wildman–Crippen MR) is 82.3 cm³/mol. The molecule has 3 aromatic rings. The molecular formula is C16H9ClFNO3. The second-order valence-corrected chi connectivity index (χ2v) is 4.93. The summed E-state index contributed by atoms with van der Waals surface area (Å²) in [4.78, 5) is 15.8. The molecule has 0 radical (unpaired) electrons. The van der Waals surface area contributed by atoms with Crippen LogP contribution in [0.5, 0.6) is 5.75 Å². The number of phenols is 1. The van der Waals surface area contributed by atoms with E-state index in [4.69, 9.17) is 16.0 Å². The Kier molecular flexibility index (Phi) is 3.65. The fourth-order valence-corrected chi connectivity index (χ4v) is 2.13. The molecule has 0 spiro atoms. The van der Waals surface area contributed by atoms with Crippen molar-refractivity contribution in [2.75, 3.05) is 0 Å². The molecule has 6 heteroatoms. The van der Waals surface area contributed by atoms with Crippen molar-refractivity contribution in [3.05, 3.63) is 69.1 Å². The maximum Gasteiger partial charge on any atom is 0.347 e. The highest BCUT2D eigenvalue weighted by Gasteiger charge is 2.08. The smallest absolute Gasteiger partial charge is 0.347 e. The Balaban J connectivity index is 2.03. The third-order valence-corrected chi connectivity index (χ3v) is 3.32. The Bertz CT molecular complexity index is 950. The van der Waals surface area contributed by atoms with E-state index < -0.39 is 11.4 Å². The van der Waals surface area contributed by atoms with Crippen molar-refractivity contribution >= 4 is 34.7 Å². The van der Waals surface area contributed by atoms with Gasteiger partial charge in [-0.05, 0) is 35.9 Å². The monoisotopic (exact) mass is 317 g/mol. The van der Waals surface area contributed by atoms with Gasteiger partial charge >= 0.3 is 5.63 Å². The Morgan fingerprint density at radius 2 is 2.05 bits per heavy atom. The summed E-state index contributed by atoms with van der Waals surface area (Å²) in [5, 5.41) is 9.63. The van der Waals surface area contributed by atoms with Crippen molar-refractivity contribution in [1.82, 2.24) is 4.98 Å². The van der Waals surface area contributed by atoms with Crippen LogP contribution < -0.4 is 5.63 Å². The van der Waals surface area contributed by atoms with Gasteiger partial charge in [-0.25, -0.2) is 14.2 Å². The summed E-state index contributed by atoms with van der Waals surface area (Å²) < 4.78 is 18.7. The largest absolute Gasteiger partial charge is 0.506 e. The van der Waals surface area contributed by atoms with Gasteiger partial charge in [0.25, 0.3) is 0 Å². The normalized spacial score (nSPS) is 11.4. The molecule has 0 atom stereocenters. The molecule has 1 N–H and O–H groups in total. The lowest BCUT2D eigenvalue weighted by molar-refractivity contribution is 0.475. The number of benzene rings is 2. The van der Waals surface area contributed by atoms with E-state index in [2.05, 4.69) is 4.98 Å². The summed E-state index contributed by atoms with van der Waals surface area (Å²) >= 11 is 5.80. The summed E-state index contributed by atoms with van der Waals surface area (Å²) in [5.41, 5.74) is -0.0316. The quantitative estimate of drug-likeness (QED) is 0.779. The van der Waals surface area contributed by atoms with E-state index in [1.165, 1.54) is 36.4 Å². The number of fused-ring (bicyclic) bond motifs is 1. The Morgan fingerprint density at radius 1 is 1.23 bits per heavy atom. The van der Waals surface area contributed by atoms with E-state index in [1.54, 1.807) is 12.1 Å². The van der Waals surface area contributed by atoms with Crippen LogP contribution in [0.25, 0.3) is 23.1 Å². The first-order valence-corrected chi connectivity index (χ1v) is 6.68. The maximum absolute atomic E-state index is 13.7. The molecule has 3 rings (SSSR count). The molecule has 0 aliphatic heterocycles. The molecule has 0 bridgehead atoms. The summed E-state index contributed by atoms with van der Waals surface area (Å²) in [6.07, 6.45) is 3.01. The number of phenolic OH excluding ortho intramolecular Hbond substituents is 1. The van der Waals surface area contributed by atoms with Gasteiger partial charge in [0.05, 0.1) is 10.4 Å². The molecule has 2 aromatic carbocycles. The van der Waals surface area contributed by atoms with E-state index in [1.807, 2.05) is 0 Å². The van der Waals surface area contributed by atoms with Crippen molar-refractivity contribution in [1.29, 1.82) is 0 Å². The number of hydrogen-bond donors (Lipinski definition) is 1. The number of halogens is 2. The summed E-state index contributed by atoms with van der Waals surface area (Å²) in [7, 11) is 0. The molecule has 1 heterocycles. The maximum atomic E-state index is 13.7. The first-order chi connectivity index (χ1) is 10.5. The fourth-order valence-electron chi connectivity index (χ4n) is 1.94. The van der Waals surface area contributed by atoms with Crippen LogP contribution in [0.2, 0.25) is 5.02 Å². The first-order valence-electron chi connectivity index (χ1n) is 6.30. The van der Waals surface area contributed by atoms with Crippen LogP contribution in [0.1, 0.15) is 11.5 Å². The van der Waals surface area contributed by atoms with E-state index in [0.29, 0.717) is 5.56 Å². The zero-order chi connectivity index (χ0) is 15.7. The highest BCUT2D eigenvalue weighted by Crippen LogP contribution is 2.24. The summed E-state index contributed by atoms with van der Waals surface area (Å²) in [6.45, 7) is 0. The number of hydrogen-bond acceptors (Lipinski definition) is 4. The topological polar surface area (TPSA) is 63.3 Å². The average Bonchev–Trinajstić information content (AvgIpc) is 2.50. The van der Waals surface area contributed by atoms with Gasteiger partial charge in [0.2, 0.25) is 5.89 Å². The average molecular weight is 318 g/mol. The van der Waals surface area contributed by atoms with Gasteiger partial charge in [0.15, 0.2) is 0 Å².